The van der Waals surface area contributed by atoms with Gasteiger partial charge in [0, 0.05) is 25.7 Å². The Morgan fingerprint density at radius 2 is 2.08 bits per heavy atom. The van der Waals surface area contributed by atoms with E-state index in [1.165, 1.54) is 0 Å². The fraction of sp³-hybridized carbons (Fsp3) is 0.800. The van der Waals surface area contributed by atoms with E-state index in [0.29, 0.717) is 18.4 Å². The van der Waals surface area contributed by atoms with E-state index in [2.05, 4.69) is 0 Å². The lowest BCUT2D eigenvalue weighted by Gasteiger charge is -2.21. The maximum Gasteiger partial charge on any atom is 0.0647 e. The summed E-state index contributed by atoms with van der Waals surface area (Å²) in [6.07, 6.45) is 6.15. The molecule has 0 radical (unpaired) electrons. The molecule has 0 aromatic rings. The minimum absolute atomic E-state index is 0.570. The van der Waals surface area contributed by atoms with Crippen LogP contribution in [0, 0.1) is 5.92 Å². The highest BCUT2D eigenvalue weighted by Crippen LogP contribution is 2.14. The van der Waals surface area contributed by atoms with Gasteiger partial charge < -0.3 is 9.47 Å². The van der Waals surface area contributed by atoms with Crippen molar-refractivity contribution >= 4 is 11.6 Å². The van der Waals surface area contributed by atoms with Crippen LogP contribution in [0.15, 0.2) is 12.2 Å². The summed E-state index contributed by atoms with van der Waals surface area (Å²) in [4.78, 5) is 0. The summed E-state index contributed by atoms with van der Waals surface area (Å²) >= 11 is 5.47. The Hall–Kier alpha value is -0.0500. The molecule has 0 saturated carbocycles. The first kappa shape index (κ1) is 11.0. The van der Waals surface area contributed by atoms with Gasteiger partial charge >= 0.3 is 0 Å². The Morgan fingerprint density at radius 3 is 2.77 bits per heavy atom. The molecule has 1 saturated heterocycles. The summed E-state index contributed by atoms with van der Waals surface area (Å²) in [5, 5.41) is 0. The van der Waals surface area contributed by atoms with Gasteiger partial charge in [0.2, 0.25) is 0 Å². The first-order chi connectivity index (χ1) is 6.43. The van der Waals surface area contributed by atoms with Crippen molar-refractivity contribution in [2.24, 2.45) is 5.92 Å². The molecular weight excluding hydrogens is 188 g/mol. The molecule has 1 fully saturated rings. The number of halogens is 1. The highest BCUT2D eigenvalue weighted by Gasteiger charge is 2.12. The van der Waals surface area contributed by atoms with Gasteiger partial charge in [-0.25, -0.2) is 0 Å². The van der Waals surface area contributed by atoms with E-state index in [0.717, 1.165) is 32.7 Å². The fourth-order valence-corrected chi connectivity index (χ4v) is 1.47. The van der Waals surface area contributed by atoms with Crippen LogP contribution in [-0.4, -0.2) is 32.3 Å². The standard InChI is InChI=1S/C10H17ClO2/c11-5-1-2-6-13-9-10-3-7-12-8-4-10/h1-2,10H,3-9H2. The lowest BCUT2D eigenvalue weighted by atomic mass is 10.0. The van der Waals surface area contributed by atoms with Gasteiger partial charge in [-0.2, -0.15) is 0 Å². The van der Waals surface area contributed by atoms with Gasteiger partial charge in [-0.05, 0) is 18.8 Å². The quantitative estimate of drug-likeness (QED) is 0.389. The van der Waals surface area contributed by atoms with E-state index in [1.807, 2.05) is 12.2 Å². The van der Waals surface area contributed by atoms with Crippen LogP contribution in [0.2, 0.25) is 0 Å². The van der Waals surface area contributed by atoms with Crippen LogP contribution in [-0.2, 0) is 9.47 Å². The van der Waals surface area contributed by atoms with E-state index in [1.54, 1.807) is 0 Å². The van der Waals surface area contributed by atoms with Gasteiger partial charge in [0.15, 0.2) is 0 Å². The Balaban J connectivity index is 1.95. The van der Waals surface area contributed by atoms with Crippen LogP contribution >= 0.6 is 11.6 Å². The van der Waals surface area contributed by atoms with Crippen molar-refractivity contribution in [1.82, 2.24) is 0 Å². The molecule has 0 unspecified atom stereocenters. The molecule has 0 atom stereocenters. The van der Waals surface area contributed by atoms with Crippen molar-refractivity contribution in [2.45, 2.75) is 12.8 Å². The average Bonchev–Trinajstić information content (AvgIpc) is 2.19. The number of hydrogen-bond donors (Lipinski definition) is 0. The minimum Gasteiger partial charge on any atom is -0.381 e. The molecule has 1 aliphatic rings. The molecule has 0 amide bonds. The second-order valence-electron chi connectivity index (χ2n) is 3.22. The van der Waals surface area contributed by atoms with Crippen molar-refractivity contribution < 1.29 is 9.47 Å². The van der Waals surface area contributed by atoms with Crippen molar-refractivity contribution in [1.29, 1.82) is 0 Å². The second-order valence-corrected chi connectivity index (χ2v) is 3.53. The third kappa shape index (κ3) is 5.29. The average molecular weight is 205 g/mol. The normalized spacial score (nSPS) is 19.8. The largest absolute Gasteiger partial charge is 0.381 e. The van der Waals surface area contributed by atoms with Crippen LogP contribution in [0.1, 0.15) is 12.8 Å². The molecule has 3 heteroatoms. The molecule has 2 nitrogen and oxygen atoms in total. The molecule has 0 aromatic heterocycles. The summed E-state index contributed by atoms with van der Waals surface area (Å²) in [5.74, 6) is 1.26. The van der Waals surface area contributed by atoms with Gasteiger partial charge in [0.25, 0.3) is 0 Å². The first-order valence-electron chi connectivity index (χ1n) is 4.80. The van der Waals surface area contributed by atoms with E-state index in [4.69, 9.17) is 21.1 Å². The van der Waals surface area contributed by atoms with E-state index < -0.39 is 0 Å². The molecule has 0 N–H and O–H groups in total. The topological polar surface area (TPSA) is 18.5 Å². The Labute approximate surface area is 84.9 Å². The van der Waals surface area contributed by atoms with Crippen molar-refractivity contribution in [2.75, 3.05) is 32.3 Å². The maximum absolute atomic E-state index is 5.47. The van der Waals surface area contributed by atoms with Crippen molar-refractivity contribution in [3.63, 3.8) is 0 Å². The van der Waals surface area contributed by atoms with E-state index in [-0.39, 0.29) is 0 Å². The Kier molecular flexibility index (Phi) is 6.25. The highest BCUT2D eigenvalue weighted by molar-refractivity contribution is 6.18. The minimum atomic E-state index is 0.570. The molecule has 76 valence electrons. The molecule has 0 aliphatic carbocycles. The summed E-state index contributed by atoms with van der Waals surface area (Å²) in [6.45, 7) is 3.33. The zero-order valence-corrected chi connectivity index (χ0v) is 8.63. The number of alkyl halides is 1. The SMILES string of the molecule is ClCC=CCOCC1CCOCC1. The third-order valence-corrected chi connectivity index (χ3v) is 2.34. The molecule has 13 heavy (non-hydrogen) atoms. The molecule has 0 spiro atoms. The van der Waals surface area contributed by atoms with Crippen LogP contribution in [0.5, 0.6) is 0 Å². The lowest BCUT2D eigenvalue weighted by molar-refractivity contribution is 0.0272. The molecule has 1 rings (SSSR count). The van der Waals surface area contributed by atoms with Gasteiger partial charge in [-0.1, -0.05) is 12.2 Å². The van der Waals surface area contributed by atoms with Crippen LogP contribution < -0.4 is 0 Å². The van der Waals surface area contributed by atoms with Crippen LogP contribution in [0.4, 0.5) is 0 Å². The molecule has 1 aliphatic heterocycles. The number of hydrogen-bond acceptors (Lipinski definition) is 2. The molecule has 0 aromatic carbocycles. The van der Waals surface area contributed by atoms with Crippen LogP contribution in [0.3, 0.4) is 0 Å². The lowest BCUT2D eigenvalue weighted by Crippen LogP contribution is -2.20. The number of rotatable bonds is 5. The van der Waals surface area contributed by atoms with Gasteiger partial charge in [0.05, 0.1) is 6.61 Å². The smallest absolute Gasteiger partial charge is 0.0647 e. The summed E-state index contributed by atoms with van der Waals surface area (Å²) in [7, 11) is 0. The summed E-state index contributed by atoms with van der Waals surface area (Å²) in [6, 6.07) is 0. The van der Waals surface area contributed by atoms with Gasteiger partial charge in [0.1, 0.15) is 0 Å². The second kappa shape index (κ2) is 7.36. The van der Waals surface area contributed by atoms with Crippen molar-refractivity contribution in [3.8, 4) is 0 Å². The molecular formula is C10H17ClO2. The zero-order chi connectivity index (χ0) is 9.36. The first-order valence-corrected chi connectivity index (χ1v) is 5.33. The molecule has 0 bridgehead atoms. The monoisotopic (exact) mass is 204 g/mol. The predicted molar refractivity (Wildman–Crippen MR) is 54.2 cm³/mol. The Morgan fingerprint density at radius 1 is 1.31 bits per heavy atom. The zero-order valence-electron chi connectivity index (χ0n) is 7.88. The number of ether oxygens (including phenoxy) is 2. The highest BCUT2D eigenvalue weighted by atomic mass is 35.5. The van der Waals surface area contributed by atoms with E-state index in [9.17, 15) is 0 Å². The molecule has 1 heterocycles. The maximum atomic E-state index is 5.47. The van der Waals surface area contributed by atoms with Crippen LogP contribution in [0.25, 0.3) is 0 Å². The van der Waals surface area contributed by atoms with Crippen molar-refractivity contribution in [3.05, 3.63) is 12.2 Å². The fourth-order valence-electron chi connectivity index (χ4n) is 1.35. The predicted octanol–water partition coefficient (Wildman–Crippen LogP) is 2.22. The Bertz CT molecular complexity index is 142. The van der Waals surface area contributed by atoms with E-state index >= 15 is 0 Å². The third-order valence-electron chi connectivity index (χ3n) is 2.16. The summed E-state index contributed by atoms with van der Waals surface area (Å²) < 4.78 is 10.7. The number of allylic oxidation sites excluding steroid dienone is 1. The van der Waals surface area contributed by atoms with Gasteiger partial charge in [-0.3, -0.25) is 0 Å². The summed E-state index contributed by atoms with van der Waals surface area (Å²) in [5.41, 5.74) is 0. The van der Waals surface area contributed by atoms with Gasteiger partial charge in [-0.15, -0.1) is 11.6 Å².